The van der Waals surface area contributed by atoms with Crippen molar-refractivity contribution in [3.8, 4) is 0 Å². The average molecular weight is 355 g/mol. The van der Waals surface area contributed by atoms with Gasteiger partial charge in [-0.3, -0.25) is 0 Å². The Balaban J connectivity index is 2.05. The van der Waals surface area contributed by atoms with Crippen LogP contribution in [0.2, 0.25) is 0 Å². The van der Waals surface area contributed by atoms with E-state index in [0.29, 0.717) is 11.8 Å². The van der Waals surface area contributed by atoms with Gasteiger partial charge in [0, 0.05) is 5.41 Å². The first-order valence-corrected chi connectivity index (χ1v) is 10.3. The summed E-state index contributed by atoms with van der Waals surface area (Å²) in [5.74, 6) is 1.29. The van der Waals surface area contributed by atoms with Crippen molar-refractivity contribution in [3.63, 3.8) is 0 Å². The number of hydrogen-bond donors (Lipinski definition) is 0. The van der Waals surface area contributed by atoms with Gasteiger partial charge in [-0.15, -0.1) is 0 Å². The van der Waals surface area contributed by atoms with E-state index in [2.05, 4.69) is 100 Å². The second-order valence-electron chi connectivity index (χ2n) is 8.39. The van der Waals surface area contributed by atoms with Crippen LogP contribution >= 0.6 is 0 Å². The van der Waals surface area contributed by atoms with E-state index in [0.717, 1.165) is 0 Å². The fourth-order valence-electron chi connectivity index (χ4n) is 5.10. The smallest absolute Gasteiger partial charge is 0.0457 e. The highest BCUT2D eigenvalue weighted by Gasteiger charge is 2.45. The van der Waals surface area contributed by atoms with Crippen LogP contribution in [0.25, 0.3) is 0 Å². The molecule has 0 radical (unpaired) electrons. The molecular weight excluding hydrogens is 324 g/mol. The molecule has 1 aliphatic carbocycles. The minimum atomic E-state index is -0.0643. The SMILES string of the molecule is CCC1CC(c2ccc(C)cc2)(c2ccc(C)cc2)c2ccccc2C1C. The molecule has 0 nitrogen and oxygen atoms in total. The van der Waals surface area contributed by atoms with Crippen LogP contribution in [0.3, 0.4) is 0 Å². The largest absolute Gasteiger partial charge is 0.0651 e. The predicted octanol–water partition coefficient (Wildman–Crippen LogP) is 7.17. The predicted molar refractivity (Wildman–Crippen MR) is 115 cm³/mol. The monoisotopic (exact) mass is 354 g/mol. The summed E-state index contributed by atoms with van der Waals surface area (Å²) in [6, 6.07) is 27.7. The van der Waals surface area contributed by atoms with E-state index in [1.165, 1.54) is 46.2 Å². The lowest BCUT2D eigenvalue weighted by atomic mass is 9.56. The van der Waals surface area contributed by atoms with Crippen LogP contribution in [0, 0.1) is 19.8 Å². The van der Waals surface area contributed by atoms with Gasteiger partial charge in [0.25, 0.3) is 0 Å². The third kappa shape index (κ3) is 2.92. The van der Waals surface area contributed by atoms with Crippen molar-refractivity contribution in [2.75, 3.05) is 0 Å². The molecule has 138 valence electrons. The van der Waals surface area contributed by atoms with Crippen molar-refractivity contribution >= 4 is 0 Å². The summed E-state index contributed by atoms with van der Waals surface area (Å²) < 4.78 is 0. The number of benzene rings is 3. The summed E-state index contributed by atoms with van der Waals surface area (Å²) in [4.78, 5) is 0. The third-order valence-corrected chi connectivity index (χ3v) is 6.80. The molecule has 0 amide bonds. The van der Waals surface area contributed by atoms with Gasteiger partial charge in [0.15, 0.2) is 0 Å². The van der Waals surface area contributed by atoms with Crippen LogP contribution in [0.5, 0.6) is 0 Å². The quantitative estimate of drug-likeness (QED) is 0.467. The maximum absolute atomic E-state index is 2.42. The Kier molecular flexibility index (Phi) is 4.68. The Morgan fingerprint density at radius 3 is 1.81 bits per heavy atom. The van der Waals surface area contributed by atoms with Crippen LogP contribution in [-0.2, 0) is 5.41 Å². The Morgan fingerprint density at radius 2 is 1.30 bits per heavy atom. The Morgan fingerprint density at radius 1 is 0.778 bits per heavy atom. The molecule has 2 atom stereocenters. The Labute approximate surface area is 164 Å². The number of hydrogen-bond acceptors (Lipinski definition) is 0. The van der Waals surface area contributed by atoms with Gasteiger partial charge in [-0.2, -0.15) is 0 Å². The van der Waals surface area contributed by atoms with Crippen molar-refractivity contribution in [3.05, 3.63) is 106 Å². The molecule has 0 aliphatic heterocycles. The van der Waals surface area contributed by atoms with Crippen molar-refractivity contribution in [1.29, 1.82) is 0 Å². The first-order valence-electron chi connectivity index (χ1n) is 10.3. The van der Waals surface area contributed by atoms with Gasteiger partial charge in [0.05, 0.1) is 0 Å². The van der Waals surface area contributed by atoms with Crippen LogP contribution in [-0.4, -0.2) is 0 Å². The zero-order chi connectivity index (χ0) is 19.0. The second-order valence-corrected chi connectivity index (χ2v) is 8.39. The number of aryl methyl sites for hydroxylation is 2. The van der Waals surface area contributed by atoms with Crippen molar-refractivity contribution in [1.82, 2.24) is 0 Å². The van der Waals surface area contributed by atoms with Crippen LogP contribution < -0.4 is 0 Å². The van der Waals surface area contributed by atoms with Gasteiger partial charge < -0.3 is 0 Å². The lowest BCUT2D eigenvalue weighted by Gasteiger charge is -2.46. The number of rotatable bonds is 3. The molecule has 0 bridgehead atoms. The molecular formula is C27H30. The lowest BCUT2D eigenvalue weighted by Crippen LogP contribution is -2.38. The molecule has 1 aliphatic rings. The molecule has 4 rings (SSSR count). The van der Waals surface area contributed by atoms with Crippen LogP contribution in [0.4, 0.5) is 0 Å². The molecule has 0 N–H and O–H groups in total. The molecule has 0 saturated heterocycles. The molecule has 0 spiro atoms. The van der Waals surface area contributed by atoms with Gasteiger partial charge in [-0.1, -0.05) is 104 Å². The first-order chi connectivity index (χ1) is 13.1. The summed E-state index contributed by atoms with van der Waals surface area (Å²) in [6.45, 7) is 9.12. The summed E-state index contributed by atoms with van der Waals surface area (Å²) in [5, 5.41) is 0. The second kappa shape index (κ2) is 7.00. The van der Waals surface area contributed by atoms with Crippen molar-refractivity contribution in [2.45, 2.75) is 51.9 Å². The van der Waals surface area contributed by atoms with E-state index in [4.69, 9.17) is 0 Å². The summed E-state index contributed by atoms with van der Waals surface area (Å²) in [6.07, 6.45) is 2.39. The van der Waals surface area contributed by atoms with E-state index in [1.54, 1.807) is 0 Å². The molecule has 0 heteroatoms. The van der Waals surface area contributed by atoms with E-state index in [9.17, 15) is 0 Å². The highest BCUT2D eigenvalue weighted by molar-refractivity contribution is 5.56. The average Bonchev–Trinajstić information content (AvgIpc) is 2.70. The Bertz CT molecular complexity index is 870. The maximum atomic E-state index is 2.42. The molecule has 3 aromatic carbocycles. The van der Waals surface area contributed by atoms with Crippen molar-refractivity contribution in [2.24, 2.45) is 5.92 Å². The van der Waals surface area contributed by atoms with Crippen molar-refractivity contribution < 1.29 is 0 Å². The summed E-state index contributed by atoms with van der Waals surface area (Å²) in [7, 11) is 0. The van der Waals surface area contributed by atoms with E-state index >= 15 is 0 Å². The van der Waals surface area contributed by atoms with E-state index < -0.39 is 0 Å². The first kappa shape index (κ1) is 18.0. The topological polar surface area (TPSA) is 0 Å². The maximum Gasteiger partial charge on any atom is 0.0457 e. The molecule has 27 heavy (non-hydrogen) atoms. The highest BCUT2D eigenvalue weighted by Crippen LogP contribution is 2.53. The van der Waals surface area contributed by atoms with Crippen LogP contribution in [0.15, 0.2) is 72.8 Å². The molecule has 0 heterocycles. The minimum absolute atomic E-state index is 0.0643. The molecule has 0 fully saturated rings. The van der Waals surface area contributed by atoms with E-state index in [1.807, 2.05) is 0 Å². The Hall–Kier alpha value is -2.34. The molecule has 3 aromatic rings. The normalized spacial score (nSPS) is 20.9. The van der Waals surface area contributed by atoms with Gasteiger partial charge in [-0.05, 0) is 54.4 Å². The van der Waals surface area contributed by atoms with Gasteiger partial charge in [0.1, 0.15) is 0 Å². The van der Waals surface area contributed by atoms with Gasteiger partial charge >= 0.3 is 0 Å². The lowest BCUT2D eigenvalue weighted by molar-refractivity contribution is 0.313. The number of fused-ring (bicyclic) bond motifs is 1. The zero-order valence-electron chi connectivity index (χ0n) is 17.0. The van der Waals surface area contributed by atoms with Gasteiger partial charge in [0.2, 0.25) is 0 Å². The highest BCUT2D eigenvalue weighted by atomic mass is 14.5. The summed E-state index contributed by atoms with van der Waals surface area (Å²) >= 11 is 0. The molecule has 2 unspecified atom stereocenters. The standard InChI is InChI=1S/C27H30/c1-5-22-18-27(23-14-10-19(2)11-15-23,24-16-12-20(3)13-17-24)26-9-7-6-8-25(26)21(22)4/h6-17,21-22H,5,18H2,1-4H3. The third-order valence-electron chi connectivity index (χ3n) is 6.80. The fourth-order valence-corrected chi connectivity index (χ4v) is 5.10. The fraction of sp³-hybridized carbons (Fsp3) is 0.333. The molecule has 0 aromatic heterocycles. The van der Waals surface area contributed by atoms with Crippen LogP contribution in [0.1, 0.15) is 66.0 Å². The minimum Gasteiger partial charge on any atom is -0.0651 e. The molecule has 0 saturated carbocycles. The summed E-state index contributed by atoms with van der Waals surface area (Å²) in [5.41, 5.74) is 8.45. The zero-order valence-corrected chi connectivity index (χ0v) is 17.0. The van der Waals surface area contributed by atoms with E-state index in [-0.39, 0.29) is 5.41 Å². The van der Waals surface area contributed by atoms with Gasteiger partial charge in [-0.25, -0.2) is 0 Å².